The SMILES string of the molecule is I.NC(=NCC(=O)N1CCCCC1)Nc1cc(F)ccc1F. The fourth-order valence-electron chi connectivity index (χ4n) is 2.17. The van der Waals surface area contributed by atoms with Gasteiger partial charge in [0.2, 0.25) is 5.91 Å². The zero-order valence-electron chi connectivity index (χ0n) is 12.0. The van der Waals surface area contributed by atoms with Crippen molar-refractivity contribution in [1.82, 2.24) is 4.90 Å². The molecule has 0 spiro atoms. The highest BCUT2D eigenvalue weighted by atomic mass is 127. The quantitative estimate of drug-likeness (QED) is 0.445. The molecule has 2 rings (SSSR count). The van der Waals surface area contributed by atoms with Crippen molar-refractivity contribution in [3.8, 4) is 0 Å². The lowest BCUT2D eigenvalue weighted by Crippen LogP contribution is -2.37. The van der Waals surface area contributed by atoms with Crippen LogP contribution in [0.4, 0.5) is 14.5 Å². The van der Waals surface area contributed by atoms with E-state index in [9.17, 15) is 13.6 Å². The minimum absolute atomic E-state index is 0. The van der Waals surface area contributed by atoms with Gasteiger partial charge in [0.25, 0.3) is 0 Å². The van der Waals surface area contributed by atoms with Gasteiger partial charge >= 0.3 is 0 Å². The van der Waals surface area contributed by atoms with E-state index in [1.165, 1.54) is 0 Å². The third kappa shape index (κ3) is 5.39. The molecule has 0 aromatic heterocycles. The highest BCUT2D eigenvalue weighted by Crippen LogP contribution is 2.14. The number of carbonyl (C=O) groups excluding carboxylic acids is 1. The number of likely N-dealkylation sites (tertiary alicyclic amines) is 1. The van der Waals surface area contributed by atoms with Crippen LogP contribution in [0.2, 0.25) is 0 Å². The lowest BCUT2D eigenvalue weighted by molar-refractivity contribution is -0.130. The summed E-state index contributed by atoms with van der Waals surface area (Å²) >= 11 is 0. The van der Waals surface area contributed by atoms with Crippen LogP contribution in [0.3, 0.4) is 0 Å². The van der Waals surface area contributed by atoms with E-state index in [0.717, 1.165) is 50.6 Å². The van der Waals surface area contributed by atoms with Crippen molar-refractivity contribution >= 4 is 41.5 Å². The third-order valence-corrected chi connectivity index (χ3v) is 3.28. The van der Waals surface area contributed by atoms with E-state index in [0.29, 0.717) is 0 Å². The minimum Gasteiger partial charge on any atom is -0.370 e. The van der Waals surface area contributed by atoms with Crippen LogP contribution >= 0.6 is 24.0 Å². The van der Waals surface area contributed by atoms with Crippen molar-refractivity contribution in [2.24, 2.45) is 10.7 Å². The second-order valence-electron chi connectivity index (χ2n) is 4.89. The number of nitrogens with two attached hydrogens (primary N) is 1. The molecule has 0 unspecified atom stereocenters. The van der Waals surface area contributed by atoms with Gasteiger partial charge in [-0.1, -0.05) is 0 Å². The first kappa shape index (κ1) is 18.6. The molecule has 0 atom stereocenters. The van der Waals surface area contributed by atoms with E-state index in [1.807, 2.05) is 0 Å². The van der Waals surface area contributed by atoms with Crippen molar-refractivity contribution in [2.45, 2.75) is 19.3 Å². The number of rotatable bonds is 3. The Morgan fingerprint density at radius 1 is 1.27 bits per heavy atom. The monoisotopic (exact) mass is 424 g/mol. The summed E-state index contributed by atoms with van der Waals surface area (Å²) in [6.45, 7) is 1.37. The van der Waals surface area contributed by atoms with Crippen molar-refractivity contribution in [3.63, 3.8) is 0 Å². The highest BCUT2D eigenvalue weighted by Gasteiger charge is 2.15. The zero-order valence-corrected chi connectivity index (χ0v) is 14.3. The second kappa shape index (κ2) is 8.86. The summed E-state index contributed by atoms with van der Waals surface area (Å²) < 4.78 is 26.4. The Kier molecular flexibility index (Phi) is 7.49. The number of benzene rings is 1. The van der Waals surface area contributed by atoms with Gasteiger partial charge in [-0.05, 0) is 31.4 Å². The Hall–Kier alpha value is -1.45. The number of amides is 1. The molecule has 0 aliphatic carbocycles. The van der Waals surface area contributed by atoms with Crippen LogP contribution in [0.1, 0.15) is 19.3 Å². The Balaban J connectivity index is 0.00000242. The normalized spacial score (nSPS) is 15.2. The number of hydrogen-bond donors (Lipinski definition) is 2. The van der Waals surface area contributed by atoms with Crippen LogP contribution in [0.5, 0.6) is 0 Å². The number of piperidine rings is 1. The summed E-state index contributed by atoms with van der Waals surface area (Å²) in [7, 11) is 0. The summed E-state index contributed by atoms with van der Waals surface area (Å²) in [6.07, 6.45) is 3.13. The van der Waals surface area contributed by atoms with Crippen molar-refractivity contribution < 1.29 is 13.6 Å². The minimum atomic E-state index is -0.642. The molecule has 0 saturated carbocycles. The largest absolute Gasteiger partial charge is 0.370 e. The topological polar surface area (TPSA) is 70.7 Å². The molecule has 0 radical (unpaired) electrons. The molecule has 1 aliphatic heterocycles. The first-order valence-corrected chi connectivity index (χ1v) is 6.86. The molecule has 1 aromatic rings. The standard InChI is InChI=1S/C14H18F2N4O.HI/c15-10-4-5-11(16)12(8-10)19-14(17)18-9-13(21)20-6-2-1-3-7-20;/h4-5,8H,1-3,6-7,9H2,(H3,17,18,19);1H. The average molecular weight is 424 g/mol. The van der Waals surface area contributed by atoms with Crippen LogP contribution in [-0.4, -0.2) is 36.4 Å². The molecule has 5 nitrogen and oxygen atoms in total. The Bertz CT molecular complexity index is 548. The molecule has 1 fully saturated rings. The first-order valence-electron chi connectivity index (χ1n) is 6.86. The van der Waals surface area contributed by atoms with Crippen LogP contribution in [0, 0.1) is 11.6 Å². The van der Waals surface area contributed by atoms with Gasteiger partial charge in [0.05, 0.1) is 5.69 Å². The van der Waals surface area contributed by atoms with Crippen LogP contribution < -0.4 is 11.1 Å². The maximum Gasteiger partial charge on any atom is 0.244 e. The molecular weight excluding hydrogens is 405 g/mol. The predicted octanol–water partition coefficient (Wildman–Crippen LogP) is 2.32. The van der Waals surface area contributed by atoms with Gasteiger partial charge in [-0.3, -0.25) is 4.79 Å². The van der Waals surface area contributed by atoms with Crippen LogP contribution in [-0.2, 0) is 4.79 Å². The maximum absolute atomic E-state index is 13.4. The molecule has 0 bridgehead atoms. The molecule has 3 N–H and O–H groups in total. The highest BCUT2D eigenvalue weighted by molar-refractivity contribution is 14.0. The number of anilines is 1. The second-order valence-corrected chi connectivity index (χ2v) is 4.89. The van der Waals surface area contributed by atoms with Crippen molar-refractivity contribution in [3.05, 3.63) is 29.8 Å². The number of hydrogen-bond acceptors (Lipinski definition) is 2. The van der Waals surface area contributed by atoms with E-state index in [-0.39, 0.29) is 48.1 Å². The molecule has 1 aliphatic rings. The van der Waals surface area contributed by atoms with E-state index in [2.05, 4.69) is 10.3 Å². The molecule has 22 heavy (non-hydrogen) atoms. The summed E-state index contributed by atoms with van der Waals surface area (Å²) in [4.78, 5) is 17.5. The molecular formula is C14H19F2IN4O. The fourth-order valence-corrected chi connectivity index (χ4v) is 2.17. The van der Waals surface area contributed by atoms with E-state index in [4.69, 9.17) is 5.73 Å². The smallest absolute Gasteiger partial charge is 0.244 e. The molecule has 122 valence electrons. The summed E-state index contributed by atoms with van der Waals surface area (Å²) in [5, 5.41) is 2.45. The van der Waals surface area contributed by atoms with Gasteiger partial charge in [-0.25, -0.2) is 13.8 Å². The maximum atomic E-state index is 13.4. The average Bonchev–Trinajstić information content (AvgIpc) is 2.49. The number of halogens is 3. The number of nitrogens with one attached hydrogen (secondary N) is 1. The van der Waals surface area contributed by atoms with E-state index in [1.54, 1.807) is 4.90 Å². The Morgan fingerprint density at radius 3 is 2.64 bits per heavy atom. The van der Waals surface area contributed by atoms with Gasteiger partial charge in [-0.15, -0.1) is 24.0 Å². The summed E-state index contributed by atoms with van der Waals surface area (Å²) in [5.74, 6) is -1.46. The van der Waals surface area contributed by atoms with Gasteiger partial charge in [0.1, 0.15) is 18.2 Å². The van der Waals surface area contributed by atoms with Gasteiger partial charge in [0.15, 0.2) is 5.96 Å². The zero-order chi connectivity index (χ0) is 15.2. The molecule has 1 aromatic carbocycles. The molecule has 1 amide bonds. The van der Waals surface area contributed by atoms with Crippen LogP contribution in [0.25, 0.3) is 0 Å². The number of aliphatic imine (C=N–C) groups is 1. The lowest BCUT2D eigenvalue weighted by atomic mass is 10.1. The molecule has 1 saturated heterocycles. The summed E-state index contributed by atoms with van der Waals surface area (Å²) in [6, 6.07) is 2.97. The van der Waals surface area contributed by atoms with Gasteiger partial charge in [0, 0.05) is 19.2 Å². The lowest BCUT2D eigenvalue weighted by Gasteiger charge is -2.26. The van der Waals surface area contributed by atoms with E-state index < -0.39 is 11.6 Å². The van der Waals surface area contributed by atoms with Gasteiger partial charge < -0.3 is 16.0 Å². The van der Waals surface area contributed by atoms with Crippen LogP contribution in [0.15, 0.2) is 23.2 Å². The van der Waals surface area contributed by atoms with E-state index >= 15 is 0 Å². The number of nitrogens with zero attached hydrogens (tertiary/aromatic N) is 2. The summed E-state index contributed by atoms with van der Waals surface area (Å²) in [5.41, 5.74) is 5.47. The van der Waals surface area contributed by atoms with Gasteiger partial charge in [-0.2, -0.15) is 0 Å². The van der Waals surface area contributed by atoms with Crippen molar-refractivity contribution in [1.29, 1.82) is 0 Å². The van der Waals surface area contributed by atoms with Crippen molar-refractivity contribution in [2.75, 3.05) is 25.0 Å². The Morgan fingerprint density at radius 2 is 1.95 bits per heavy atom. The predicted molar refractivity (Wildman–Crippen MR) is 92.3 cm³/mol. The fraction of sp³-hybridized carbons (Fsp3) is 0.429. The number of carbonyl (C=O) groups is 1. The molecule has 8 heteroatoms. The third-order valence-electron chi connectivity index (χ3n) is 3.28. The Labute approximate surface area is 145 Å². The molecule has 1 heterocycles. The first-order chi connectivity index (χ1) is 10.1. The number of guanidine groups is 1.